The topological polar surface area (TPSA) is 61.9 Å². The quantitative estimate of drug-likeness (QED) is 0.783. The average molecular weight is 233 g/mol. The van der Waals surface area contributed by atoms with Crippen molar-refractivity contribution in [1.82, 2.24) is 0 Å². The second-order valence-corrected chi connectivity index (χ2v) is 4.12. The zero-order chi connectivity index (χ0) is 13.0. The minimum absolute atomic E-state index is 0.270. The number of hydrogen-bond donors (Lipinski definition) is 2. The van der Waals surface area contributed by atoms with E-state index in [4.69, 9.17) is 11.7 Å². The van der Waals surface area contributed by atoms with Crippen molar-refractivity contribution in [3.8, 4) is 0 Å². The number of aliphatic hydroxyl groups excluding tert-OH is 1. The molecule has 0 aliphatic rings. The molecular weight excluding hydrogens is 218 g/mol. The molecule has 1 aromatic rings. The van der Waals surface area contributed by atoms with Gasteiger partial charge in [0.05, 0.1) is 18.6 Å². The highest BCUT2D eigenvalue weighted by Crippen LogP contribution is 2.22. The number of rotatable bonds is 4. The molecule has 2 N–H and O–H groups in total. The maximum atomic E-state index is 10.9. The number of aryl methyl sites for hydroxylation is 1. The van der Waals surface area contributed by atoms with Crippen LogP contribution in [-0.2, 0) is 11.2 Å². The molecule has 0 saturated carbocycles. The van der Waals surface area contributed by atoms with Gasteiger partial charge < -0.3 is 10.2 Å². The van der Waals surface area contributed by atoms with Crippen LogP contribution in [0.15, 0.2) is 18.2 Å². The zero-order valence-corrected chi connectivity index (χ0v) is 9.84. The van der Waals surface area contributed by atoms with Gasteiger partial charge in [0, 0.05) is 0 Å². The Morgan fingerprint density at radius 3 is 2.59 bits per heavy atom. The average Bonchev–Trinajstić information content (AvgIpc) is 2.25. The molecule has 0 saturated heterocycles. The summed E-state index contributed by atoms with van der Waals surface area (Å²) in [7, 11) is 0. The summed E-state index contributed by atoms with van der Waals surface area (Å²) in [5.74, 6) is -1.82. The van der Waals surface area contributed by atoms with Gasteiger partial charge in [-0.2, -0.15) is 0 Å². The summed E-state index contributed by atoms with van der Waals surface area (Å²) in [5.41, 5.74) is 2.22. The Kier molecular flexibility index (Phi) is 4.24. The molecule has 0 aromatic heterocycles. The van der Waals surface area contributed by atoms with Crippen LogP contribution in [0.5, 0.6) is 0 Å². The highest BCUT2D eigenvalue weighted by molar-refractivity contribution is 5.71. The maximum absolute atomic E-state index is 10.9. The Hall–Kier alpha value is -1.86. The van der Waals surface area contributed by atoms with Gasteiger partial charge in [-0.1, -0.05) is 18.2 Å². The van der Waals surface area contributed by atoms with Crippen LogP contribution < -0.4 is 0 Å². The second kappa shape index (κ2) is 5.46. The summed E-state index contributed by atoms with van der Waals surface area (Å²) in [5, 5.41) is 18.4. The first-order valence-corrected chi connectivity index (χ1v) is 5.33. The van der Waals surface area contributed by atoms with Crippen LogP contribution in [0.3, 0.4) is 0 Å². The molecule has 0 radical (unpaired) electrons. The van der Waals surface area contributed by atoms with Gasteiger partial charge in [-0.25, -0.2) is 4.85 Å². The van der Waals surface area contributed by atoms with E-state index in [-0.39, 0.29) is 6.42 Å². The fourth-order valence-corrected chi connectivity index (χ4v) is 1.69. The van der Waals surface area contributed by atoms with Crippen LogP contribution in [0.2, 0.25) is 0 Å². The molecule has 1 aromatic carbocycles. The van der Waals surface area contributed by atoms with E-state index >= 15 is 0 Å². The van der Waals surface area contributed by atoms with Crippen LogP contribution in [0.1, 0.15) is 18.1 Å². The predicted molar refractivity (Wildman–Crippen MR) is 64.0 cm³/mol. The number of hydrogen-bond acceptors (Lipinski definition) is 2. The van der Waals surface area contributed by atoms with E-state index in [0.29, 0.717) is 5.69 Å². The molecule has 90 valence electrons. The van der Waals surface area contributed by atoms with Gasteiger partial charge in [-0.3, -0.25) is 4.79 Å². The standard InChI is InChI=1S/C13H15NO3/c1-8-6-10(4-5-12(8)14-3)7-11(9(2)15)13(16)17/h4-6,9,11,15H,7H2,1-2H3,(H,16,17)/t9-,11-/m1/s1. The summed E-state index contributed by atoms with van der Waals surface area (Å²) in [6.07, 6.45) is -0.625. The molecule has 0 aliphatic heterocycles. The molecule has 0 fully saturated rings. The van der Waals surface area contributed by atoms with Crippen molar-refractivity contribution in [3.05, 3.63) is 40.7 Å². The van der Waals surface area contributed by atoms with Crippen LogP contribution in [0, 0.1) is 19.4 Å². The van der Waals surface area contributed by atoms with E-state index < -0.39 is 18.0 Å². The lowest BCUT2D eigenvalue weighted by Crippen LogP contribution is -2.27. The van der Waals surface area contributed by atoms with Crippen molar-refractivity contribution in [2.45, 2.75) is 26.4 Å². The van der Waals surface area contributed by atoms with Gasteiger partial charge in [0.15, 0.2) is 5.69 Å². The number of nitrogens with zero attached hydrogens (tertiary/aromatic N) is 1. The lowest BCUT2D eigenvalue weighted by atomic mass is 9.94. The minimum Gasteiger partial charge on any atom is -0.481 e. The number of aliphatic carboxylic acids is 1. The van der Waals surface area contributed by atoms with Crippen LogP contribution in [0.25, 0.3) is 4.85 Å². The lowest BCUT2D eigenvalue weighted by Gasteiger charge is -2.15. The number of aliphatic hydroxyl groups is 1. The van der Waals surface area contributed by atoms with Crippen molar-refractivity contribution < 1.29 is 15.0 Å². The van der Waals surface area contributed by atoms with Gasteiger partial charge in [-0.15, -0.1) is 0 Å². The van der Waals surface area contributed by atoms with E-state index in [1.54, 1.807) is 18.2 Å². The van der Waals surface area contributed by atoms with Crippen molar-refractivity contribution in [2.24, 2.45) is 5.92 Å². The predicted octanol–water partition coefficient (Wildman–Crippen LogP) is 2.17. The Morgan fingerprint density at radius 2 is 2.18 bits per heavy atom. The lowest BCUT2D eigenvalue weighted by molar-refractivity contribution is -0.145. The van der Waals surface area contributed by atoms with Gasteiger partial charge >= 0.3 is 5.97 Å². The van der Waals surface area contributed by atoms with E-state index in [1.807, 2.05) is 6.92 Å². The van der Waals surface area contributed by atoms with Crippen LogP contribution in [-0.4, -0.2) is 22.3 Å². The second-order valence-electron chi connectivity index (χ2n) is 4.12. The molecule has 0 amide bonds. The Morgan fingerprint density at radius 1 is 1.53 bits per heavy atom. The highest BCUT2D eigenvalue weighted by Gasteiger charge is 2.23. The third-order valence-corrected chi connectivity index (χ3v) is 2.74. The smallest absolute Gasteiger partial charge is 0.309 e. The molecule has 4 nitrogen and oxygen atoms in total. The van der Waals surface area contributed by atoms with E-state index in [1.165, 1.54) is 6.92 Å². The molecule has 0 heterocycles. The van der Waals surface area contributed by atoms with Crippen molar-refractivity contribution in [2.75, 3.05) is 0 Å². The SMILES string of the molecule is [C-]#[N+]c1ccc(C[C@@H](C(=O)O)[C@@H](C)O)cc1C. The number of carboxylic acids is 1. The summed E-state index contributed by atoms with van der Waals surface area (Å²) in [6, 6.07) is 5.21. The molecule has 0 aliphatic carbocycles. The first-order chi connectivity index (χ1) is 7.95. The molecular formula is C13H15NO3. The maximum Gasteiger partial charge on any atom is 0.309 e. The highest BCUT2D eigenvalue weighted by atomic mass is 16.4. The first-order valence-electron chi connectivity index (χ1n) is 5.33. The molecule has 2 atom stereocenters. The van der Waals surface area contributed by atoms with Gasteiger partial charge in [0.1, 0.15) is 0 Å². The third kappa shape index (κ3) is 3.30. The molecule has 0 unspecified atom stereocenters. The van der Waals surface area contributed by atoms with E-state index in [2.05, 4.69) is 4.85 Å². The Labute approximate surface area is 100 Å². The zero-order valence-electron chi connectivity index (χ0n) is 9.84. The molecule has 4 heteroatoms. The normalized spacial score (nSPS) is 13.8. The van der Waals surface area contributed by atoms with Crippen molar-refractivity contribution >= 4 is 11.7 Å². The first kappa shape index (κ1) is 13.2. The summed E-state index contributed by atoms with van der Waals surface area (Å²) < 4.78 is 0. The largest absolute Gasteiger partial charge is 0.481 e. The molecule has 1 rings (SSSR count). The molecule has 17 heavy (non-hydrogen) atoms. The summed E-state index contributed by atoms with van der Waals surface area (Å²) in [4.78, 5) is 14.3. The Bertz CT molecular complexity index is 460. The summed E-state index contributed by atoms with van der Waals surface area (Å²) >= 11 is 0. The third-order valence-electron chi connectivity index (χ3n) is 2.74. The van der Waals surface area contributed by atoms with Crippen LogP contribution in [0.4, 0.5) is 5.69 Å². The fourth-order valence-electron chi connectivity index (χ4n) is 1.69. The summed E-state index contributed by atoms with van der Waals surface area (Å²) in [6.45, 7) is 10.2. The number of benzene rings is 1. The molecule has 0 spiro atoms. The minimum atomic E-state index is -1.01. The Balaban J connectivity index is 2.92. The van der Waals surface area contributed by atoms with Crippen molar-refractivity contribution in [1.29, 1.82) is 0 Å². The van der Waals surface area contributed by atoms with Crippen molar-refractivity contribution in [3.63, 3.8) is 0 Å². The van der Waals surface area contributed by atoms with Gasteiger partial charge in [0.25, 0.3) is 0 Å². The van der Waals surface area contributed by atoms with E-state index in [9.17, 15) is 9.90 Å². The number of carboxylic acid groups (broad SMARTS) is 1. The monoisotopic (exact) mass is 233 g/mol. The van der Waals surface area contributed by atoms with Gasteiger partial charge in [0.2, 0.25) is 0 Å². The fraction of sp³-hybridized carbons (Fsp3) is 0.385. The number of carbonyl (C=O) groups is 1. The van der Waals surface area contributed by atoms with E-state index in [0.717, 1.165) is 11.1 Å². The van der Waals surface area contributed by atoms with Crippen LogP contribution >= 0.6 is 0 Å². The molecule has 0 bridgehead atoms. The van der Waals surface area contributed by atoms with Gasteiger partial charge in [-0.05, 0) is 31.4 Å².